The third kappa shape index (κ3) is 3.32. The maximum Gasteiger partial charge on any atom is 0.173 e. The third-order valence-corrected chi connectivity index (χ3v) is 3.97. The monoisotopic (exact) mass is 268 g/mol. The SMILES string of the molecule is CS(=O)(=O)CCCC(=O)C1Cc2ccccc2O1. The van der Waals surface area contributed by atoms with Gasteiger partial charge in [0.1, 0.15) is 15.6 Å². The Kier molecular flexibility index (Phi) is 3.71. The molecule has 0 aliphatic carbocycles. The fourth-order valence-corrected chi connectivity index (χ4v) is 2.70. The number of ketones is 1. The number of ether oxygens (including phenoxy) is 1. The molecular weight excluding hydrogens is 252 g/mol. The maximum absolute atomic E-state index is 11.9. The Hall–Kier alpha value is -1.36. The normalized spacial score (nSPS) is 18.2. The van der Waals surface area contributed by atoms with E-state index in [0.717, 1.165) is 11.3 Å². The number of Topliss-reactive ketones (excluding diaryl/α,β-unsaturated/α-hetero) is 1. The van der Waals surface area contributed by atoms with Crippen molar-refractivity contribution in [2.75, 3.05) is 12.0 Å². The van der Waals surface area contributed by atoms with Gasteiger partial charge in [0.25, 0.3) is 0 Å². The van der Waals surface area contributed by atoms with Crippen molar-refractivity contribution in [3.63, 3.8) is 0 Å². The van der Waals surface area contributed by atoms with Crippen LogP contribution in [0, 0.1) is 0 Å². The smallest absolute Gasteiger partial charge is 0.173 e. The second kappa shape index (κ2) is 5.10. The van der Waals surface area contributed by atoms with E-state index in [4.69, 9.17) is 4.74 Å². The van der Waals surface area contributed by atoms with E-state index in [2.05, 4.69) is 0 Å². The van der Waals surface area contributed by atoms with Gasteiger partial charge >= 0.3 is 0 Å². The molecule has 0 N–H and O–H groups in total. The van der Waals surface area contributed by atoms with Gasteiger partial charge < -0.3 is 4.74 Å². The number of para-hydroxylation sites is 1. The van der Waals surface area contributed by atoms with Crippen molar-refractivity contribution in [2.24, 2.45) is 0 Å². The second-order valence-electron chi connectivity index (χ2n) is 4.62. The molecule has 1 aromatic carbocycles. The van der Waals surface area contributed by atoms with Crippen LogP contribution < -0.4 is 4.74 Å². The summed E-state index contributed by atoms with van der Waals surface area (Å²) in [6, 6.07) is 7.58. The lowest BCUT2D eigenvalue weighted by Gasteiger charge is -2.08. The first-order valence-electron chi connectivity index (χ1n) is 5.91. The van der Waals surface area contributed by atoms with Crippen LogP contribution in [0.3, 0.4) is 0 Å². The lowest BCUT2D eigenvalue weighted by atomic mass is 10.0. The highest BCUT2D eigenvalue weighted by molar-refractivity contribution is 7.90. The molecule has 1 heterocycles. The lowest BCUT2D eigenvalue weighted by molar-refractivity contribution is -0.125. The van der Waals surface area contributed by atoms with Gasteiger partial charge in [-0.15, -0.1) is 0 Å². The number of carbonyl (C=O) groups excluding carboxylic acids is 1. The summed E-state index contributed by atoms with van der Waals surface area (Å²) in [5.41, 5.74) is 1.04. The zero-order chi connectivity index (χ0) is 13.2. The molecule has 4 nitrogen and oxygen atoms in total. The molecule has 1 aliphatic rings. The fourth-order valence-electron chi connectivity index (χ4n) is 2.03. The third-order valence-electron chi connectivity index (χ3n) is 2.94. The van der Waals surface area contributed by atoms with E-state index in [9.17, 15) is 13.2 Å². The molecular formula is C13H16O4S. The van der Waals surface area contributed by atoms with Gasteiger partial charge in [-0.25, -0.2) is 8.42 Å². The predicted octanol–water partition coefficient (Wildman–Crippen LogP) is 1.38. The Bertz CT molecular complexity index is 523. The average Bonchev–Trinajstić information content (AvgIpc) is 2.70. The van der Waals surface area contributed by atoms with Gasteiger partial charge in [-0.05, 0) is 18.1 Å². The minimum absolute atomic E-state index is 0.0187. The molecule has 1 aromatic rings. The standard InChI is InChI=1S/C13H16O4S/c1-18(15,16)8-4-6-11(14)13-9-10-5-2-3-7-12(10)17-13/h2-3,5,7,13H,4,6,8-9H2,1H3. The Morgan fingerprint density at radius 3 is 2.78 bits per heavy atom. The first kappa shape index (κ1) is 13.1. The van der Waals surface area contributed by atoms with Crippen LogP contribution in [0.4, 0.5) is 0 Å². The average molecular weight is 268 g/mol. The summed E-state index contributed by atoms with van der Waals surface area (Å²) in [4.78, 5) is 11.9. The van der Waals surface area contributed by atoms with Gasteiger partial charge in [0.15, 0.2) is 11.9 Å². The summed E-state index contributed by atoms with van der Waals surface area (Å²) in [6.45, 7) is 0. The molecule has 0 spiro atoms. The summed E-state index contributed by atoms with van der Waals surface area (Å²) < 4.78 is 27.5. The number of fused-ring (bicyclic) bond motifs is 1. The minimum Gasteiger partial charge on any atom is -0.482 e. The summed E-state index contributed by atoms with van der Waals surface area (Å²) >= 11 is 0. The minimum atomic E-state index is -2.99. The zero-order valence-electron chi connectivity index (χ0n) is 10.3. The van der Waals surface area contributed by atoms with Gasteiger partial charge in [0.05, 0.1) is 5.75 Å². The van der Waals surface area contributed by atoms with E-state index in [1.807, 2.05) is 24.3 Å². The van der Waals surface area contributed by atoms with Gasteiger partial charge in [0, 0.05) is 19.1 Å². The molecule has 5 heteroatoms. The van der Waals surface area contributed by atoms with Crippen molar-refractivity contribution in [1.82, 2.24) is 0 Å². The fraction of sp³-hybridized carbons (Fsp3) is 0.462. The molecule has 0 radical (unpaired) electrons. The lowest BCUT2D eigenvalue weighted by Crippen LogP contribution is -2.25. The summed E-state index contributed by atoms with van der Waals surface area (Å²) in [5.74, 6) is 0.798. The molecule has 98 valence electrons. The summed E-state index contributed by atoms with van der Waals surface area (Å²) in [5, 5.41) is 0. The second-order valence-corrected chi connectivity index (χ2v) is 6.88. The van der Waals surface area contributed by atoms with Gasteiger partial charge in [-0.3, -0.25) is 4.79 Å². The van der Waals surface area contributed by atoms with Crippen LogP contribution in [0.15, 0.2) is 24.3 Å². The van der Waals surface area contributed by atoms with Crippen LogP contribution in [-0.4, -0.2) is 32.3 Å². The van der Waals surface area contributed by atoms with Crippen LogP contribution in [0.25, 0.3) is 0 Å². The number of rotatable bonds is 5. The number of benzene rings is 1. The van der Waals surface area contributed by atoms with Crippen LogP contribution in [0.1, 0.15) is 18.4 Å². The van der Waals surface area contributed by atoms with Crippen molar-refractivity contribution in [2.45, 2.75) is 25.4 Å². The van der Waals surface area contributed by atoms with E-state index >= 15 is 0 Å². The van der Waals surface area contributed by atoms with Crippen LogP contribution >= 0.6 is 0 Å². The molecule has 0 aromatic heterocycles. The van der Waals surface area contributed by atoms with Crippen molar-refractivity contribution in [3.05, 3.63) is 29.8 Å². The van der Waals surface area contributed by atoms with Gasteiger partial charge in [-0.2, -0.15) is 0 Å². The molecule has 0 fully saturated rings. The molecule has 18 heavy (non-hydrogen) atoms. The first-order valence-corrected chi connectivity index (χ1v) is 7.97. The highest BCUT2D eigenvalue weighted by Crippen LogP contribution is 2.28. The Morgan fingerprint density at radius 1 is 1.39 bits per heavy atom. The molecule has 1 unspecified atom stereocenters. The first-order chi connectivity index (χ1) is 8.46. The van der Waals surface area contributed by atoms with Crippen molar-refractivity contribution in [3.8, 4) is 5.75 Å². The van der Waals surface area contributed by atoms with Gasteiger partial charge in [0.2, 0.25) is 0 Å². The van der Waals surface area contributed by atoms with E-state index in [0.29, 0.717) is 12.8 Å². The summed E-state index contributed by atoms with van der Waals surface area (Å²) in [7, 11) is -2.99. The van der Waals surface area contributed by atoms with Crippen molar-refractivity contribution in [1.29, 1.82) is 0 Å². The zero-order valence-corrected chi connectivity index (χ0v) is 11.1. The maximum atomic E-state index is 11.9. The van der Waals surface area contributed by atoms with Gasteiger partial charge in [-0.1, -0.05) is 18.2 Å². The molecule has 1 atom stereocenters. The molecule has 2 rings (SSSR count). The van der Waals surface area contributed by atoms with E-state index in [-0.39, 0.29) is 18.0 Å². The van der Waals surface area contributed by atoms with Crippen LogP contribution in [0.2, 0.25) is 0 Å². The van der Waals surface area contributed by atoms with Crippen LogP contribution in [-0.2, 0) is 21.1 Å². The number of hydrogen-bond acceptors (Lipinski definition) is 4. The summed E-state index contributed by atoms with van der Waals surface area (Å²) in [6.07, 6.45) is 1.95. The Balaban J connectivity index is 1.86. The Morgan fingerprint density at radius 2 is 2.11 bits per heavy atom. The Labute approximate surface area is 107 Å². The molecule has 0 saturated heterocycles. The van der Waals surface area contributed by atoms with E-state index in [1.54, 1.807) is 0 Å². The molecule has 1 aliphatic heterocycles. The molecule has 0 saturated carbocycles. The van der Waals surface area contributed by atoms with Crippen molar-refractivity contribution >= 4 is 15.6 Å². The number of sulfone groups is 1. The molecule has 0 amide bonds. The largest absolute Gasteiger partial charge is 0.482 e. The van der Waals surface area contributed by atoms with E-state index in [1.165, 1.54) is 6.26 Å². The quantitative estimate of drug-likeness (QED) is 0.809. The highest BCUT2D eigenvalue weighted by atomic mass is 32.2. The number of carbonyl (C=O) groups is 1. The predicted molar refractivity (Wildman–Crippen MR) is 68.5 cm³/mol. The topological polar surface area (TPSA) is 60.4 Å². The van der Waals surface area contributed by atoms with E-state index < -0.39 is 15.9 Å². The van der Waals surface area contributed by atoms with Crippen LogP contribution in [0.5, 0.6) is 5.75 Å². The number of hydrogen-bond donors (Lipinski definition) is 0. The highest BCUT2D eigenvalue weighted by Gasteiger charge is 2.28. The molecule has 0 bridgehead atoms. The van der Waals surface area contributed by atoms with Crippen molar-refractivity contribution < 1.29 is 17.9 Å².